The van der Waals surface area contributed by atoms with Gasteiger partial charge in [-0.15, -0.1) is 0 Å². The molecule has 1 aliphatic rings. The van der Waals surface area contributed by atoms with Crippen molar-refractivity contribution in [2.24, 2.45) is 5.92 Å². The normalized spacial score (nSPS) is 30.1. The fourth-order valence-electron chi connectivity index (χ4n) is 3.28. The average molecular weight is 282 g/mol. The monoisotopic (exact) mass is 282 g/mol. The molecule has 1 aromatic rings. The standard InChI is InChI=1S/C15H26N2O3/c1-5-12(11(3)18)13-16-14(17-20-13)15(19-4)8-6-7-10(2)9-15/h10-12,18H,5-9H2,1-4H3. The molecule has 1 heterocycles. The first-order valence-electron chi connectivity index (χ1n) is 7.59. The van der Waals surface area contributed by atoms with Crippen molar-refractivity contribution in [2.75, 3.05) is 7.11 Å². The number of rotatable bonds is 5. The number of ether oxygens (including phenoxy) is 1. The number of hydrogen-bond acceptors (Lipinski definition) is 5. The Morgan fingerprint density at radius 2 is 2.30 bits per heavy atom. The zero-order chi connectivity index (χ0) is 14.8. The van der Waals surface area contributed by atoms with Crippen LogP contribution < -0.4 is 0 Å². The lowest BCUT2D eigenvalue weighted by atomic mass is 9.78. The number of methoxy groups -OCH3 is 1. The van der Waals surface area contributed by atoms with E-state index >= 15 is 0 Å². The lowest BCUT2D eigenvalue weighted by molar-refractivity contribution is -0.0658. The minimum absolute atomic E-state index is 0.105. The largest absolute Gasteiger partial charge is 0.393 e. The summed E-state index contributed by atoms with van der Waals surface area (Å²) < 4.78 is 11.2. The van der Waals surface area contributed by atoms with E-state index in [1.807, 2.05) is 6.92 Å². The molecule has 0 bridgehead atoms. The second-order valence-corrected chi connectivity index (χ2v) is 6.11. The first-order valence-corrected chi connectivity index (χ1v) is 7.59. The Morgan fingerprint density at radius 1 is 1.55 bits per heavy atom. The van der Waals surface area contributed by atoms with E-state index in [9.17, 15) is 5.11 Å². The highest BCUT2D eigenvalue weighted by Crippen LogP contribution is 2.41. The van der Waals surface area contributed by atoms with E-state index in [4.69, 9.17) is 9.26 Å². The van der Waals surface area contributed by atoms with E-state index in [1.165, 1.54) is 6.42 Å². The van der Waals surface area contributed by atoms with Gasteiger partial charge in [0.25, 0.3) is 0 Å². The van der Waals surface area contributed by atoms with Crippen molar-refractivity contribution in [2.45, 2.75) is 70.5 Å². The molecule has 4 unspecified atom stereocenters. The second kappa shape index (κ2) is 6.22. The highest BCUT2D eigenvalue weighted by Gasteiger charge is 2.41. The zero-order valence-corrected chi connectivity index (χ0v) is 12.9. The maximum absolute atomic E-state index is 9.79. The summed E-state index contributed by atoms with van der Waals surface area (Å²) in [5.74, 6) is 1.66. The lowest BCUT2D eigenvalue weighted by Gasteiger charge is -2.36. The summed E-state index contributed by atoms with van der Waals surface area (Å²) in [4.78, 5) is 4.54. The molecule has 0 aliphatic heterocycles. The summed E-state index contributed by atoms with van der Waals surface area (Å²) >= 11 is 0. The summed E-state index contributed by atoms with van der Waals surface area (Å²) in [7, 11) is 1.72. The summed E-state index contributed by atoms with van der Waals surface area (Å²) in [6, 6.07) is 0. The highest BCUT2D eigenvalue weighted by molar-refractivity contribution is 5.06. The Labute approximate surface area is 120 Å². The molecule has 20 heavy (non-hydrogen) atoms. The molecular weight excluding hydrogens is 256 g/mol. The number of nitrogens with zero attached hydrogens (tertiary/aromatic N) is 2. The van der Waals surface area contributed by atoms with Gasteiger partial charge in [-0.3, -0.25) is 0 Å². The van der Waals surface area contributed by atoms with Gasteiger partial charge in [-0.1, -0.05) is 25.4 Å². The number of aliphatic hydroxyl groups excluding tert-OH is 1. The van der Waals surface area contributed by atoms with Crippen molar-refractivity contribution in [3.63, 3.8) is 0 Å². The summed E-state index contributed by atoms with van der Waals surface area (Å²) in [6.07, 6.45) is 4.48. The van der Waals surface area contributed by atoms with E-state index in [-0.39, 0.29) is 5.92 Å². The van der Waals surface area contributed by atoms with Gasteiger partial charge in [-0.25, -0.2) is 0 Å². The van der Waals surface area contributed by atoms with Gasteiger partial charge in [0.1, 0.15) is 5.60 Å². The molecular formula is C15H26N2O3. The van der Waals surface area contributed by atoms with Crippen LogP contribution in [0.1, 0.15) is 70.5 Å². The van der Waals surface area contributed by atoms with Crippen LogP contribution in [0.2, 0.25) is 0 Å². The van der Waals surface area contributed by atoms with Crippen LogP contribution in [-0.2, 0) is 10.3 Å². The van der Waals surface area contributed by atoms with Gasteiger partial charge in [-0.05, 0) is 38.5 Å². The average Bonchev–Trinajstić information content (AvgIpc) is 2.89. The molecule has 1 saturated carbocycles. The molecule has 0 aromatic carbocycles. The second-order valence-electron chi connectivity index (χ2n) is 6.11. The highest BCUT2D eigenvalue weighted by atomic mass is 16.5. The molecule has 1 N–H and O–H groups in total. The maximum Gasteiger partial charge on any atom is 0.232 e. The van der Waals surface area contributed by atoms with E-state index in [1.54, 1.807) is 14.0 Å². The van der Waals surface area contributed by atoms with Gasteiger partial charge in [0.2, 0.25) is 11.7 Å². The predicted molar refractivity (Wildman–Crippen MR) is 75.3 cm³/mol. The Hall–Kier alpha value is -0.940. The van der Waals surface area contributed by atoms with E-state index in [0.717, 1.165) is 25.7 Å². The Kier molecular flexibility index (Phi) is 4.81. The van der Waals surface area contributed by atoms with Crippen molar-refractivity contribution >= 4 is 0 Å². The van der Waals surface area contributed by atoms with E-state index < -0.39 is 11.7 Å². The summed E-state index contributed by atoms with van der Waals surface area (Å²) in [5.41, 5.74) is -0.420. The van der Waals surface area contributed by atoms with Crippen LogP contribution in [-0.4, -0.2) is 28.5 Å². The third-order valence-corrected chi connectivity index (χ3v) is 4.54. The first-order chi connectivity index (χ1) is 9.52. The topological polar surface area (TPSA) is 68.4 Å². The first kappa shape index (κ1) is 15.4. The van der Waals surface area contributed by atoms with Gasteiger partial charge in [-0.2, -0.15) is 4.98 Å². The van der Waals surface area contributed by atoms with Crippen molar-refractivity contribution in [1.29, 1.82) is 0 Å². The molecule has 0 spiro atoms. The molecule has 1 aromatic heterocycles. The molecule has 114 valence electrons. The third-order valence-electron chi connectivity index (χ3n) is 4.54. The van der Waals surface area contributed by atoms with Crippen LogP contribution in [0, 0.1) is 5.92 Å². The molecule has 0 amide bonds. The minimum Gasteiger partial charge on any atom is -0.393 e. The molecule has 0 saturated heterocycles. The van der Waals surface area contributed by atoms with Crippen LogP contribution in [0.3, 0.4) is 0 Å². The molecule has 1 aliphatic carbocycles. The van der Waals surface area contributed by atoms with E-state index in [0.29, 0.717) is 17.6 Å². The fourth-order valence-corrected chi connectivity index (χ4v) is 3.28. The SMILES string of the molecule is CCC(c1nc(C2(OC)CCCC(C)C2)no1)C(C)O. The van der Waals surface area contributed by atoms with Crippen molar-refractivity contribution in [3.05, 3.63) is 11.7 Å². The number of aliphatic hydroxyl groups is 1. The minimum atomic E-state index is -0.489. The third kappa shape index (κ3) is 2.88. The number of hydrogen-bond donors (Lipinski definition) is 1. The predicted octanol–water partition coefficient (Wildman–Crippen LogP) is 3.00. The van der Waals surface area contributed by atoms with Crippen molar-refractivity contribution in [1.82, 2.24) is 10.1 Å². The van der Waals surface area contributed by atoms with Crippen LogP contribution >= 0.6 is 0 Å². The maximum atomic E-state index is 9.79. The molecule has 5 nitrogen and oxygen atoms in total. The van der Waals surface area contributed by atoms with Crippen molar-refractivity contribution in [3.8, 4) is 0 Å². The molecule has 2 rings (SSSR count). The Morgan fingerprint density at radius 3 is 2.85 bits per heavy atom. The van der Waals surface area contributed by atoms with Gasteiger partial charge in [0.05, 0.1) is 12.0 Å². The van der Waals surface area contributed by atoms with Crippen LogP contribution in [0.25, 0.3) is 0 Å². The summed E-state index contributed by atoms with van der Waals surface area (Å²) in [5, 5.41) is 13.9. The van der Waals surface area contributed by atoms with Gasteiger partial charge < -0.3 is 14.4 Å². The van der Waals surface area contributed by atoms with E-state index in [2.05, 4.69) is 17.1 Å². The molecule has 4 atom stereocenters. The number of aromatic nitrogens is 2. The van der Waals surface area contributed by atoms with Crippen LogP contribution in [0.15, 0.2) is 4.52 Å². The van der Waals surface area contributed by atoms with Gasteiger partial charge in [0, 0.05) is 7.11 Å². The smallest absolute Gasteiger partial charge is 0.232 e. The Bertz CT molecular complexity index is 433. The molecule has 1 fully saturated rings. The molecule has 5 heteroatoms. The molecule has 0 radical (unpaired) electrons. The zero-order valence-electron chi connectivity index (χ0n) is 12.9. The van der Waals surface area contributed by atoms with Crippen LogP contribution in [0.5, 0.6) is 0 Å². The van der Waals surface area contributed by atoms with Gasteiger partial charge >= 0.3 is 0 Å². The lowest BCUT2D eigenvalue weighted by Crippen LogP contribution is -2.35. The Balaban J connectivity index is 2.26. The fraction of sp³-hybridized carbons (Fsp3) is 0.867. The van der Waals surface area contributed by atoms with Crippen LogP contribution in [0.4, 0.5) is 0 Å². The summed E-state index contributed by atoms with van der Waals surface area (Å²) in [6.45, 7) is 6.00. The van der Waals surface area contributed by atoms with Crippen molar-refractivity contribution < 1.29 is 14.4 Å². The quantitative estimate of drug-likeness (QED) is 0.899. The van der Waals surface area contributed by atoms with Gasteiger partial charge in [0.15, 0.2) is 0 Å².